The lowest BCUT2D eigenvalue weighted by molar-refractivity contribution is 0.0172. The van der Waals surface area contributed by atoms with Gasteiger partial charge in [0.25, 0.3) is 0 Å². The Morgan fingerprint density at radius 3 is 2.32 bits per heavy atom. The molecule has 1 heterocycles. The molecule has 19 heavy (non-hydrogen) atoms. The Morgan fingerprint density at radius 1 is 1.26 bits per heavy atom. The highest BCUT2D eigenvalue weighted by atomic mass is 16.6. The van der Waals surface area contributed by atoms with Gasteiger partial charge in [-0.15, -0.1) is 0 Å². The molecule has 110 valence electrons. The monoisotopic (exact) mass is 268 g/mol. The van der Waals surface area contributed by atoms with Gasteiger partial charge in [-0.1, -0.05) is 12.8 Å². The molecule has 0 aromatic heterocycles. The zero-order chi connectivity index (χ0) is 14.0. The largest absolute Gasteiger partial charge is 0.444 e. The summed E-state index contributed by atoms with van der Waals surface area (Å²) in [7, 11) is 0. The molecule has 2 rings (SSSR count). The molecule has 1 saturated heterocycles. The molecule has 4 heteroatoms. The quantitative estimate of drug-likeness (QED) is 0.856. The fourth-order valence-corrected chi connectivity index (χ4v) is 2.77. The molecule has 1 unspecified atom stereocenters. The van der Waals surface area contributed by atoms with Gasteiger partial charge < -0.3 is 15.4 Å². The van der Waals surface area contributed by atoms with Gasteiger partial charge in [0.2, 0.25) is 0 Å². The Bertz CT molecular complexity index is 313. The van der Waals surface area contributed by atoms with Crippen molar-refractivity contribution in [2.75, 3.05) is 13.1 Å². The van der Waals surface area contributed by atoms with E-state index in [2.05, 4.69) is 0 Å². The van der Waals surface area contributed by atoms with Crippen LogP contribution in [-0.2, 0) is 4.74 Å². The lowest BCUT2D eigenvalue weighted by atomic mass is 9.87. The first kappa shape index (κ1) is 14.6. The third kappa shape index (κ3) is 4.68. The summed E-state index contributed by atoms with van der Waals surface area (Å²) in [5, 5.41) is 0. The number of rotatable bonds is 3. The number of carbonyl (C=O) groups excluding carboxylic acids is 1. The second-order valence-corrected chi connectivity index (χ2v) is 7.15. The van der Waals surface area contributed by atoms with Crippen molar-refractivity contribution in [3.05, 3.63) is 0 Å². The Hall–Kier alpha value is -0.770. The van der Waals surface area contributed by atoms with Gasteiger partial charge in [-0.3, -0.25) is 0 Å². The van der Waals surface area contributed by atoms with E-state index >= 15 is 0 Å². The van der Waals surface area contributed by atoms with Gasteiger partial charge in [0, 0.05) is 19.1 Å². The molecule has 1 aliphatic heterocycles. The van der Waals surface area contributed by atoms with Crippen molar-refractivity contribution in [3.8, 4) is 0 Å². The second-order valence-electron chi connectivity index (χ2n) is 7.15. The van der Waals surface area contributed by atoms with Crippen LogP contribution < -0.4 is 5.73 Å². The number of carbonyl (C=O) groups is 1. The highest BCUT2D eigenvalue weighted by Crippen LogP contribution is 2.36. The van der Waals surface area contributed by atoms with Gasteiger partial charge in [0.05, 0.1) is 0 Å². The van der Waals surface area contributed by atoms with Crippen molar-refractivity contribution >= 4 is 6.09 Å². The van der Waals surface area contributed by atoms with E-state index in [-0.39, 0.29) is 6.09 Å². The number of piperidine rings is 1. The van der Waals surface area contributed by atoms with Gasteiger partial charge in [0.15, 0.2) is 0 Å². The number of nitrogens with zero attached hydrogens (tertiary/aromatic N) is 1. The van der Waals surface area contributed by atoms with E-state index in [4.69, 9.17) is 10.5 Å². The maximum absolute atomic E-state index is 12.0. The van der Waals surface area contributed by atoms with Gasteiger partial charge in [-0.25, -0.2) is 4.79 Å². The predicted molar refractivity (Wildman–Crippen MR) is 75.8 cm³/mol. The van der Waals surface area contributed by atoms with Gasteiger partial charge in [-0.05, 0) is 51.9 Å². The van der Waals surface area contributed by atoms with Crippen LogP contribution in [0.2, 0.25) is 0 Å². The van der Waals surface area contributed by atoms with E-state index in [1.807, 2.05) is 25.7 Å². The number of nitrogens with two attached hydrogens (primary N) is 1. The number of hydrogen-bond acceptors (Lipinski definition) is 3. The first-order valence-corrected chi connectivity index (χ1v) is 7.58. The fraction of sp³-hybridized carbons (Fsp3) is 0.933. The van der Waals surface area contributed by atoms with Crippen LogP contribution in [0.15, 0.2) is 0 Å². The second kappa shape index (κ2) is 5.70. The molecule has 1 atom stereocenters. The summed E-state index contributed by atoms with van der Waals surface area (Å²) in [5.74, 6) is 1.47. The smallest absolute Gasteiger partial charge is 0.410 e. The molecule has 1 saturated carbocycles. The van der Waals surface area contributed by atoms with Crippen LogP contribution in [0, 0.1) is 11.8 Å². The topological polar surface area (TPSA) is 55.6 Å². The summed E-state index contributed by atoms with van der Waals surface area (Å²) < 4.78 is 5.40. The van der Waals surface area contributed by atoms with Crippen molar-refractivity contribution in [2.24, 2.45) is 17.6 Å². The zero-order valence-corrected chi connectivity index (χ0v) is 12.5. The normalized spacial score (nSPS) is 23.3. The van der Waals surface area contributed by atoms with Crippen LogP contribution in [0.1, 0.15) is 52.9 Å². The Kier molecular flexibility index (Phi) is 4.39. The van der Waals surface area contributed by atoms with Crippen molar-refractivity contribution in [1.82, 2.24) is 4.90 Å². The minimum atomic E-state index is -0.406. The molecule has 1 aliphatic carbocycles. The maximum atomic E-state index is 12.0. The van der Waals surface area contributed by atoms with E-state index in [0.29, 0.717) is 12.0 Å². The summed E-state index contributed by atoms with van der Waals surface area (Å²) in [6.07, 6.45) is 5.77. The van der Waals surface area contributed by atoms with Crippen LogP contribution in [-0.4, -0.2) is 35.7 Å². The van der Waals surface area contributed by atoms with E-state index in [9.17, 15) is 4.79 Å². The molecule has 0 bridgehead atoms. The number of hydrogen-bond donors (Lipinski definition) is 1. The molecule has 0 radical (unpaired) electrons. The average molecular weight is 268 g/mol. The first-order valence-electron chi connectivity index (χ1n) is 7.58. The summed E-state index contributed by atoms with van der Waals surface area (Å²) in [5.41, 5.74) is 5.87. The highest BCUT2D eigenvalue weighted by Gasteiger charge is 2.32. The van der Waals surface area contributed by atoms with E-state index in [1.165, 1.54) is 19.3 Å². The lowest BCUT2D eigenvalue weighted by Crippen LogP contribution is -2.45. The summed E-state index contributed by atoms with van der Waals surface area (Å²) in [6.45, 7) is 7.30. The molecule has 1 amide bonds. The zero-order valence-electron chi connectivity index (χ0n) is 12.5. The predicted octanol–water partition coefficient (Wildman–Crippen LogP) is 2.76. The minimum Gasteiger partial charge on any atom is -0.444 e. The molecular weight excluding hydrogens is 240 g/mol. The molecule has 0 aromatic carbocycles. The van der Waals surface area contributed by atoms with Crippen LogP contribution >= 0.6 is 0 Å². The summed E-state index contributed by atoms with van der Waals surface area (Å²) in [4.78, 5) is 13.8. The van der Waals surface area contributed by atoms with Crippen molar-refractivity contribution in [1.29, 1.82) is 0 Å². The van der Waals surface area contributed by atoms with Gasteiger partial charge in [0.1, 0.15) is 5.60 Å². The average Bonchev–Trinajstić information content (AvgIpc) is 3.11. The summed E-state index contributed by atoms with van der Waals surface area (Å²) in [6, 6.07) is 0.327. The summed E-state index contributed by atoms with van der Waals surface area (Å²) >= 11 is 0. The Balaban J connectivity index is 1.73. The molecular formula is C15H28N2O2. The molecule has 0 aromatic rings. The number of ether oxygens (including phenoxy) is 1. The third-order valence-electron chi connectivity index (χ3n) is 4.10. The molecule has 2 aliphatic rings. The molecule has 0 spiro atoms. The van der Waals surface area contributed by atoms with Crippen LogP contribution in [0.3, 0.4) is 0 Å². The van der Waals surface area contributed by atoms with E-state index < -0.39 is 5.60 Å². The SMILES string of the molecule is CC(C)(C)OC(=O)N1CCC(C(N)CC2CC2)CC1. The van der Waals surface area contributed by atoms with Crippen molar-refractivity contribution in [2.45, 2.75) is 64.5 Å². The van der Waals surface area contributed by atoms with Crippen molar-refractivity contribution in [3.63, 3.8) is 0 Å². The van der Waals surface area contributed by atoms with E-state index in [1.54, 1.807) is 0 Å². The third-order valence-corrected chi connectivity index (χ3v) is 4.10. The van der Waals surface area contributed by atoms with Crippen LogP contribution in [0.4, 0.5) is 4.79 Å². The first-order chi connectivity index (χ1) is 8.85. The molecule has 2 fully saturated rings. The molecule has 4 nitrogen and oxygen atoms in total. The van der Waals surface area contributed by atoms with E-state index in [0.717, 1.165) is 31.8 Å². The fourth-order valence-electron chi connectivity index (χ4n) is 2.77. The highest BCUT2D eigenvalue weighted by molar-refractivity contribution is 5.68. The van der Waals surface area contributed by atoms with Gasteiger partial charge in [-0.2, -0.15) is 0 Å². The van der Waals surface area contributed by atoms with Crippen LogP contribution in [0.25, 0.3) is 0 Å². The lowest BCUT2D eigenvalue weighted by Gasteiger charge is -2.35. The minimum absolute atomic E-state index is 0.179. The van der Waals surface area contributed by atoms with Crippen LogP contribution in [0.5, 0.6) is 0 Å². The standard InChI is InChI=1S/C15H28N2O2/c1-15(2,3)19-14(18)17-8-6-12(7-9-17)13(16)10-11-4-5-11/h11-13H,4-10,16H2,1-3H3. The van der Waals surface area contributed by atoms with Crippen molar-refractivity contribution < 1.29 is 9.53 Å². The number of amides is 1. The Labute approximate surface area is 116 Å². The Morgan fingerprint density at radius 2 is 1.84 bits per heavy atom. The molecule has 2 N–H and O–H groups in total. The van der Waals surface area contributed by atoms with Gasteiger partial charge >= 0.3 is 6.09 Å². The maximum Gasteiger partial charge on any atom is 0.410 e. The number of likely N-dealkylation sites (tertiary alicyclic amines) is 1.